The second kappa shape index (κ2) is 12.8. The van der Waals surface area contributed by atoms with Crippen LogP contribution in [0.15, 0.2) is 54.9 Å². The first-order valence-electron chi connectivity index (χ1n) is 15.4. The predicted molar refractivity (Wildman–Crippen MR) is 171 cm³/mol. The predicted octanol–water partition coefficient (Wildman–Crippen LogP) is 2.68. The number of nitriles is 1. The third-order valence-electron chi connectivity index (χ3n) is 9.04. The number of aliphatic hydroxyl groups excluding tert-OH is 2. The first-order valence-corrected chi connectivity index (χ1v) is 15.4. The molecule has 1 saturated carbocycles. The zero-order valence-electron chi connectivity index (χ0n) is 25.8. The number of likely N-dealkylation sites (N-methyl/N-ethyl adjacent to an activating group) is 1. The van der Waals surface area contributed by atoms with Crippen LogP contribution < -0.4 is 15.5 Å². The molecule has 3 heterocycles. The molecule has 2 aliphatic rings. The number of benzene rings is 2. The van der Waals surface area contributed by atoms with Crippen LogP contribution in [-0.4, -0.2) is 92.0 Å². The smallest absolute Gasteiger partial charge is 0.229 e. The Morgan fingerprint density at radius 1 is 1.11 bits per heavy atom. The van der Waals surface area contributed by atoms with Gasteiger partial charge in [-0.1, -0.05) is 49.4 Å². The maximum absolute atomic E-state index is 12.1. The Bertz CT molecular complexity index is 1710. The van der Waals surface area contributed by atoms with Gasteiger partial charge in [0.05, 0.1) is 30.0 Å². The molecular weight excluding hydrogens is 570 g/mol. The van der Waals surface area contributed by atoms with E-state index in [1.807, 2.05) is 48.5 Å². The first kappa shape index (κ1) is 30.5. The number of anilines is 2. The van der Waals surface area contributed by atoms with Gasteiger partial charge in [0.25, 0.3) is 0 Å². The normalized spacial score (nSPS) is 23.0. The van der Waals surface area contributed by atoms with Crippen LogP contribution in [0.5, 0.6) is 0 Å². The average Bonchev–Trinajstić information content (AvgIpc) is 3.79. The van der Waals surface area contributed by atoms with Crippen LogP contribution in [0.2, 0.25) is 0 Å². The van der Waals surface area contributed by atoms with E-state index in [4.69, 9.17) is 9.97 Å². The van der Waals surface area contributed by atoms with Gasteiger partial charge in [0.1, 0.15) is 12.2 Å². The van der Waals surface area contributed by atoms with Crippen molar-refractivity contribution in [2.45, 2.75) is 63.1 Å². The van der Waals surface area contributed by atoms with Crippen LogP contribution in [0, 0.1) is 11.3 Å². The van der Waals surface area contributed by atoms with E-state index in [1.54, 1.807) is 17.8 Å². The zero-order valence-corrected chi connectivity index (χ0v) is 25.8. The third kappa shape index (κ3) is 6.07. The van der Waals surface area contributed by atoms with Crippen molar-refractivity contribution in [3.63, 3.8) is 0 Å². The summed E-state index contributed by atoms with van der Waals surface area (Å²) in [6.07, 6.45) is 1.05. The molecule has 4 N–H and O–H groups in total. The highest BCUT2D eigenvalue weighted by molar-refractivity contribution is 5.84. The highest BCUT2D eigenvalue weighted by Crippen LogP contribution is 2.35. The van der Waals surface area contributed by atoms with Crippen LogP contribution in [-0.2, 0) is 11.3 Å². The highest BCUT2D eigenvalue weighted by Gasteiger charge is 2.44. The van der Waals surface area contributed by atoms with Crippen molar-refractivity contribution in [1.29, 1.82) is 5.26 Å². The molecule has 45 heavy (non-hydrogen) atoms. The number of rotatable bonds is 9. The molecule has 0 bridgehead atoms. The molecule has 2 fully saturated rings. The lowest BCUT2D eigenvalue weighted by molar-refractivity contribution is -0.122. The van der Waals surface area contributed by atoms with Gasteiger partial charge >= 0.3 is 0 Å². The van der Waals surface area contributed by atoms with Crippen molar-refractivity contribution < 1.29 is 15.0 Å². The molecule has 5 atom stereocenters. The molecule has 12 heteroatoms. The number of aromatic nitrogens is 4. The SMILES string of the molecule is CCC(=O)N[C@H]1C[C@@H](n2cnc3c(NCc4ccc(-c5ccccc5C#N)cc4)nc(N4CC[C@@H](N(C)C)C4)nc32)[C@H](O)[C@@H]1O. The molecule has 1 amide bonds. The number of nitrogens with one attached hydrogen (secondary N) is 2. The molecule has 1 saturated heterocycles. The van der Waals surface area contributed by atoms with Crippen molar-refractivity contribution in [3.05, 3.63) is 66.0 Å². The van der Waals surface area contributed by atoms with Gasteiger partial charge in [-0.2, -0.15) is 15.2 Å². The van der Waals surface area contributed by atoms with Crippen LogP contribution in [0.25, 0.3) is 22.3 Å². The van der Waals surface area contributed by atoms with E-state index >= 15 is 0 Å². The van der Waals surface area contributed by atoms with Crippen molar-refractivity contribution in [1.82, 2.24) is 29.7 Å². The second-order valence-electron chi connectivity index (χ2n) is 12.1. The van der Waals surface area contributed by atoms with Gasteiger partial charge in [-0.25, -0.2) is 4.98 Å². The van der Waals surface area contributed by atoms with E-state index in [1.165, 1.54) is 0 Å². The Kier molecular flexibility index (Phi) is 8.67. The highest BCUT2D eigenvalue weighted by atomic mass is 16.3. The number of hydrogen-bond donors (Lipinski definition) is 4. The summed E-state index contributed by atoms with van der Waals surface area (Å²) < 4.78 is 1.80. The lowest BCUT2D eigenvalue weighted by atomic mass is 9.99. The molecule has 0 unspecified atom stereocenters. The molecule has 1 aliphatic carbocycles. The largest absolute Gasteiger partial charge is 0.388 e. The van der Waals surface area contributed by atoms with Crippen LogP contribution >= 0.6 is 0 Å². The Morgan fingerprint density at radius 3 is 2.60 bits per heavy atom. The van der Waals surface area contributed by atoms with Gasteiger partial charge in [-0.05, 0) is 49.7 Å². The summed E-state index contributed by atoms with van der Waals surface area (Å²) in [6.45, 7) is 3.83. The summed E-state index contributed by atoms with van der Waals surface area (Å²) in [4.78, 5) is 31.0. The van der Waals surface area contributed by atoms with Crippen molar-refractivity contribution in [3.8, 4) is 17.2 Å². The molecule has 2 aromatic carbocycles. The molecule has 1 aliphatic heterocycles. The third-order valence-corrected chi connectivity index (χ3v) is 9.04. The molecule has 6 rings (SSSR count). The van der Waals surface area contributed by atoms with Crippen LogP contribution in [0.1, 0.15) is 43.4 Å². The Labute approximate surface area is 262 Å². The lowest BCUT2D eigenvalue weighted by Crippen LogP contribution is -2.42. The fraction of sp³-hybridized carbons (Fsp3) is 0.424. The topological polar surface area (TPSA) is 155 Å². The average molecular weight is 610 g/mol. The molecule has 2 aromatic heterocycles. The summed E-state index contributed by atoms with van der Waals surface area (Å²) in [5.41, 5.74) is 4.63. The van der Waals surface area contributed by atoms with Gasteiger partial charge in [0, 0.05) is 32.1 Å². The molecule has 234 valence electrons. The van der Waals surface area contributed by atoms with E-state index in [9.17, 15) is 20.3 Å². The van der Waals surface area contributed by atoms with E-state index in [0.29, 0.717) is 53.9 Å². The number of aliphatic hydroxyl groups is 2. The summed E-state index contributed by atoms with van der Waals surface area (Å²) >= 11 is 0. The fourth-order valence-electron chi connectivity index (χ4n) is 6.31. The fourth-order valence-corrected chi connectivity index (χ4v) is 6.31. The number of imidazole rings is 1. The summed E-state index contributed by atoms with van der Waals surface area (Å²) in [5.74, 6) is 0.971. The van der Waals surface area contributed by atoms with Gasteiger partial charge in [-0.15, -0.1) is 0 Å². The van der Waals surface area contributed by atoms with Crippen LogP contribution in [0.4, 0.5) is 11.8 Å². The molecular formula is C33H39N9O3. The maximum atomic E-state index is 12.1. The van der Waals surface area contributed by atoms with Gasteiger partial charge in [0.15, 0.2) is 17.0 Å². The van der Waals surface area contributed by atoms with E-state index in [-0.39, 0.29) is 5.91 Å². The van der Waals surface area contributed by atoms with Gasteiger partial charge in [0.2, 0.25) is 11.9 Å². The Hall–Kier alpha value is -4.57. The van der Waals surface area contributed by atoms with Gasteiger partial charge < -0.3 is 35.2 Å². The minimum Gasteiger partial charge on any atom is -0.388 e. The molecule has 12 nitrogen and oxygen atoms in total. The van der Waals surface area contributed by atoms with E-state index in [0.717, 1.165) is 36.2 Å². The molecule has 4 aromatic rings. The summed E-state index contributed by atoms with van der Waals surface area (Å²) in [7, 11) is 4.15. The summed E-state index contributed by atoms with van der Waals surface area (Å²) in [6, 6.07) is 17.2. The number of nitrogens with zero attached hydrogens (tertiary/aromatic N) is 7. The quantitative estimate of drug-likeness (QED) is 0.223. The number of amides is 1. The Morgan fingerprint density at radius 2 is 1.89 bits per heavy atom. The Balaban J connectivity index is 1.30. The van der Waals surface area contributed by atoms with Gasteiger partial charge in [-0.3, -0.25) is 4.79 Å². The minimum absolute atomic E-state index is 0.176. The monoisotopic (exact) mass is 609 g/mol. The standard InChI is InChI=1S/C33H39N9O3/c1-4-27(43)37-25-15-26(30(45)29(25)44)42-19-36-28-31(38-33(39-32(28)42)41-14-13-23(18-41)40(2)3)35-17-20-9-11-21(12-10-20)24-8-6-5-7-22(24)16-34/h5-12,19,23,25-26,29-30,44-45H,4,13-15,17-18H2,1-3H3,(H,37,43)(H,35,38,39)/t23-,25+,26-,29-,30+/m1/s1. The van der Waals surface area contributed by atoms with E-state index in [2.05, 4.69) is 45.6 Å². The second-order valence-corrected chi connectivity index (χ2v) is 12.1. The van der Waals surface area contributed by atoms with Crippen LogP contribution in [0.3, 0.4) is 0 Å². The lowest BCUT2D eigenvalue weighted by Gasteiger charge is -2.22. The zero-order chi connectivity index (χ0) is 31.7. The first-order chi connectivity index (χ1) is 21.8. The molecule has 0 spiro atoms. The van der Waals surface area contributed by atoms with E-state index < -0.39 is 24.3 Å². The number of hydrogen-bond acceptors (Lipinski definition) is 10. The summed E-state index contributed by atoms with van der Waals surface area (Å²) in [5, 5.41) is 37.6. The van der Waals surface area contributed by atoms with Crippen molar-refractivity contribution >= 4 is 28.8 Å². The number of fused-ring (bicyclic) bond motifs is 1. The number of carbonyl (C=O) groups is 1. The van der Waals surface area contributed by atoms with Crippen molar-refractivity contribution in [2.75, 3.05) is 37.4 Å². The van der Waals surface area contributed by atoms with Crippen molar-refractivity contribution in [2.24, 2.45) is 0 Å². The minimum atomic E-state index is -1.11. The molecule has 0 radical (unpaired) electrons. The number of carbonyl (C=O) groups excluding carboxylic acids is 1. The maximum Gasteiger partial charge on any atom is 0.229 e.